The number of carbonyl (C=O) groups is 3. The van der Waals surface area contributed by atoms with Gasteiger partial charge in [-0.3, -0.25) is 14.4 Å². The SMILES string of the molecule is CCN1C(=O)C(NC(=O)CN(C)C)CCc2c1ccc(Nc1ncc(Cl)c(NC3[C@@H](C(=O)O)[C@@H]4C=C[C@H]3C4)n1)c2OC. The van der Waals surface area contributed by atoms with E-state index in [0.717, 1.165) is 17.7 Å². The van der Waals surface area contributed by atoms with E-state index in [1.54, 1.807) is 37.1 Å². The van der Waals surface area contributed by atoms with Gasteiger partial charge in [0, 0.05) is 18.2 Å². The largest absolute Gasteiger partial charge is 0.494 e. The van der Waals surface area contributed by atoms with Gasteiger partial charge in [0.05, 0.1) is 37.1 Å². The number of carboxylic acid groups (broad SMARTS) is 1. The number of anilines is 4. The number of hydrogen-bond donors (Lipinski definition) is 4. The topological polar surface area (TPSA) is 149 Å². The zero-order chi connectivity index (χ0) is 30.1. The number of carboxylic acids is 1. The van der Waals surface area contributed by atoms with Gasteiger partial charge in [-0.15, -0.1) is 0 Å². The second kappa shape index (κ2) is 12.1. The van der Waals surface area contributed by atoms with E-state index in [1.807, 2.05) is 19.1 Å². The summed E-state index contributed by atoms with van der Waals surface area (Å²) in [5.74, 6) is -0.582. The molecule has 1 saturated carbocycles. The second-order valence-corrected chi connectivity index (χ2v) is 11.5. The number of benzene rings is 1. The molecule has 5 rings (SSSR count). The number of aromatic nitrogens is 2. The molecule has 2 bridgehead atoms. The average Bonchev–Trinajstić information content (AvgIpc) is 3.52. The minimum absolute atomic E-state index is 0.0116. The average molecular weight is 598 g/mol. The van der Waals surface area contributed by atoms with Crippen molar-refractivity contribution >= 4 is 52.5 Å². The van der Waals surface area contributed by atoms with Crippen molar-refractivity contribution in [2.45, 2.75) is 38.3 Å². The maximum absolute atomic E-state index is 13.4. The summed E-state index contributed by atoms with van der Waals surface area (Å²) in [6.45, 7) is 2.50. The van der Waals surface area contributed by atoms with E-state index in [-0.39, 0.29) is 47.2 Å². The van der Waals surface area contributed by atoms with Crippen LogP contribution in [0.5, 0.6) is 5.75 Å². The highest BCUT2D eigenvalue weighted by molar-refractivity contribution is 6.32. The van der Waals surface area contributed by atoms with E-state index in [0.29, 0.717) is 36.6 Å². The zero-order valence-electron chi connectivity index (χ0n) is 24.1. The van der Waals surface area contributed by atoms with E-state index >= 15 is 0 Å². The molecular formula is C29H36ClN7O5. The Morgan fingerprint density at radius 3 is 2.69 bits per heavy atom. The molecule has 2 unspecified atom stereocenters. The molecular weight excluding hydrogens is 562 g/mol. The van der Waals surface area contributed by atoms with Gasteiger partial charge in [0.25, 0.3) is 0 Å². The molecule has 4 N–H and O–H groups in total. The Bertz CT molecular complexity index is 1420. The third kappa shape index (κ3) is 5.73. The Morgan fingerprint density at radius 2 is 2.00 bits per heavy atom. The first-order chi connectivity index (χ1) is 20.1. The van der Waals surface area contributed by atoms with Crippen LogP contribution < -0.4 is 25.6 Å². The fourth-order valence-corrected chi connectivity index (χ4v) is 6.46. The van der Waals surface area contributed by atoms with Gasteiger partial charge in [0.1, 0.15) is 16.8 Å². The van der Waals surface area contributed by atoms with Crippen LogP contribution in [0.15, 0.2) is 30.5 Å². The molecule has 42 heavy (non-hydrogen) atoms. The molecule has 1 aromatic heterocycles. The van der Waals surface area contributed by atoms with Crippen molar-refractivity contribution in [2.75, 3.05) is 49.8 Å². The third-order valence-corrected chi connectivity index (χ3v) is 8.40. The van der Waals surface area contributed by atoms with Crippen LogP contribution in [0.4, 0.5) is 23.1 Å². The van der Waals surface area contributed by atoms with Crippen molar-refractivity contribution in [3.63, 3.8) is 0 Å². The molecule has 0 radical (unpaired) electrons. The summed E-state index contributed by atoms with van der Waals surface area (Å²) in [5.41, 5.74) is 2.14. The van der Waals surface area contributed by atoms with Gasteiger partial charge in [0.15, 0.2) is 5.82 Å². The van der Waals surface area contributed by atoms with Gasteiger partial charge in [-0.1, -0.05) is 23.8 Å². The molecule has 1 aliphatic heterocycles. The van der Waals surface area contributed by atoms with Crippen LogP contribution in [0.1, 0.15) is 25.3 Å². The number of allylic oxidation sites excluding steroid dienone is 1. The fraction of sp³-hybridized carbons (Fsp3) is 0.483. The standard InChI is InChI=1S/C29H36ClN7O5/c1-5-37-21-11-10-19(25(42-4)17(21)8-9-20(27(37)39)32-22(38)14-36(2)3)33-29-31-13-18(30)26(35-29)34-24-16-7-6-15(12-16)23(24)28(40)41/h6-7,10-11,13,15-16,20,23-24H,5,8-9,12,14H2,1-4H3,(H,32,38)(H,40,41)(H2,31,33,34,35)/t15-,16+,20?,23+,24?/m1/s1. The first-order valence-electron chi connectivity index (χ1n) is 14.0. The van der Waals surface area contributed by atoms with Gasteiger partial charge < -0.3 is 35.6 Å². The van der Waals surface area contributed by atoms with E-state index in [4.69, 9.17) is 16.3 Å². The number of aliphatic carboxylic acids is 1. The summed E-state index contributed by atoms with van der Waals surface area (Å²) < 4.78 is 5.84. The monoisotopic (exact) mass is 597 g/mol. The normalized spacial score (nSPS) is 24.4. The van der Waals surface area contributed by atoms with Crippen molar-refractivity contribution < 1.29 is 24.2 Å². The molecule has 1 aromatic carbocycles. The number of hydrogen-bond acceptors (Lipinski definition) is 9. The number of halogens is 1. The lowest BCUT2D eigenvalue weighted by atomic mass is 9.89. The smallest absolute Gasteiger partial charge is 0.309 e. The van der Waals surface area contributed by atoms with E-state index in [9.17, 15) is 19.5 Å². The van der Waals surface area contributed by atoms with Gasteiger partial charge in [-0.05, 0) is 64.3 Å². The van der Waals surface area contributed by atoms with Crippen LogP contribution in [0.3, 0.4) is 0 Å². The molecule has 12 nitrogen and oxygen atoms in total. The summed E-state index contributed by atoms with van der Waals surface area (Å²) in [6, 6.07) is 2.66. The number of methoxy groups -OCH3 is 1. The maximum atomic E-state index is 13.4. The van der Waals surface area contributed by atoms with Crippen molar-refractivity contribution in [2.24, 2.45) is 17.8 Å². The van der Waals surface area contributed by atoms with Crippen LogP contribution in [-0.2, 0) is 20.8 Å². The third-order valence-electron chi connectivity index (χ3n) is 8.13. The van der Waals surface area contributed by atoms with Crippen LogP contribution in [0.2, 0.25) is 5.02 Å². The summed E-state index contributed by atoms with van der Waals surface area (Å²) in [6.07, 6.45) is 7.19. The molecule has 0 saturated heterocycles. The Morgan fingerprint density at radius 1 is 1.24 bits per heavy atom. The lowest BCUT2D eigenvalue weighted by molar-refractivity contribution is -0.142. The van der Waals surface area contributed by atoms with Crippen LogP contribution in [0, 0.1) is 17.8 Å². The Labute approximate surface area is 249 Å². The first-order valence-corrected chi connectivity index (χ1v) is 14.4. The van der Waals surface area contributed by atoms with E-state index in [1.165, 1.54) is 6.20 Å². The molecule has 2 aliphatic carbocycles. The summed E-state index contributed by atoms with van der Waals surface area (Å²) in [7, 11) is 5.16. The lowest BCUT2D eigenvalue weighted by Gasteiger charge is -2.27. The number of rotatable bonds is 10. The predicted octanol–water partition coefficient (Wildman–Crippen LogP) is 2.91. The Balaban J connectivity index is 1.39. The van der Waals surface area contributed by atoms with Crippen LogP contribution in [0.25, 0.3) is 0 Å². The molecule has 13 heteroatoms. The number of fused-ring (bicyclic) bond motifs is 3. The zero-order valence-corrected chi connectivity index (χ0v) is 24.8. The number of likely N-dealkylation sites (N-methyl/N-ethyl adjacent to an activating group) is 2. The number of ether oxygens (including phenoxy) is 1. The lowest BCUT2D eigenvalue weighted by Crippen LogP contribution is -2.49. The number of nitrogens with zero attached hydrogens (tertiary/aromatic N) is 4. The molecule has 5 atom stereocenters. The van der Waals surface area contributed by atoms with Gasteiger partial charge >= 0.3 is 5.97 Å². The van der Waals surface area contributed by atoms with Gasteiger partial charge in [-0.25, -0.2) is 4.98 Å². The van der Waals surface area contributed by atoms with E-state index in [2.05, 4.69) is 32.0 Å². The van der Waals surface area contributed by atoms with E-state index < -0.39 is 17.9 Å². The summed E-state index contributed by atoms with van der Waals surface area (Å²) in [5, 5.41) is 19.5. The molecule has 224 valence electrons. The molecule has 3 aliphatic rings. The first kappa shape index (κ1) is 29.6. The predicted molar refractivity (Wildman–Crippen MR) is 159 cm³/mol. The van der Waals surface area contributed by atoms with Crippen LogP contribution in [-0.4, -0.2) is 84.1 Å². The Hall–Kier alpha value is -3.90. The number of nitrogens with one attached hydrogen (secondary N) is 3. The molecule has 2 aromatic rings. The second-order valence-electron chi connectivity index (χ2n) is 11.1. The Kier molecular flexibility index (Phi) is 8.55. The highest BCUT2D eigenvalue weighted by atomic mass is 35.5. The van der Waals surface area contributed by atoms with Crippen molar-refractivity contribution in [1.29, 1.82) is 0 Å². The number of amides is 2. The summed E-state index contributed by atoms with van der Waals surface area (Å²) in [4.78, 5) is 50.2. The molecule has 0 spiro atoms. The summed E-state index contributed by atoms with van der Waals surface area (Å²) >= 11 is 6.43. The molecule has 2 heterocycles. The van der Waals surface area contributed by atoms with Gasteiger partial charge in [0.2, 0.25) is 17.8 Å². The quantitative estimate of drug-likeness (QED) is 0.301. The maximum Gasteiger partial charge on any atom is 0.309 e. The van der Waals surface area contributed by atoms with Gasteiger partial charge in [-0.2, -0.15) is 4.98 Å². The molecule has 1 fully saturated rings. The number of carbonyl (C=O) groups excluding carboxylic acids is 2. The highest BCUT2D eigenvalue weighted by Gasteiger charge is 2.48. The fourth-order valence-electron chi connectivity index (χ4n) is 6.31. The minimum atomic E-state index is -0.846. The van der Waals surface area contributed by atoms with Crippen molar-refractivity contribution in [3.8, 4) is 5.75 Å². The van der Waals surface area contributed by atoms with Crippen LogP contribution >= 0.6 is 11.6 Å². The highest BCUT2D eigenvalue weighted by Crippen LogP contribution is 2.46. The molecule has 2 amide bonds. The minimum Gasteiger partial charge on any atom is -0.494 e. The van der Waals surface area contributed by atoms with Crippen molar-refractivity contribution in [3.05, 3.63) is 41.1 Å². The van der Waals surface area contributed by atoms with Crippen molar-refractivity contribution in [1.82, 2.24) is 20.2 Å².